The van der Waals surface area contributed by atoms with E-state index in [1.54, 1.807) is 30.3 Å². The minimum Gasteiger partial charge on any atom is -0.493 e. The summed E-state index contributed by atoms with van der Waals surface area (Å²) >= 11 is 5.95. The van der Waals surface area contributed by atoms with Gasteiger partial charge in [-0.3, -0.25) is 4.79 Å². The predicted octanol–water partition coefficient (Wildman–Crippen LogP) is 5.43. The third-order valence-electron chi connectivity index (χ3n) is 5.48. The van der Waals surface area contributed by atoms with Crippen molar-refractivity contribution in [1.29, 1.82) is 0 Å². The van der Waals surface area contributed by atoms with Crippen LogP contribution in [0.15, 0.2) is 71.7 Å². The van der Waals surface area contributed by atoms with Crippen molar-refractivity contribution in [2.45, 2.75) is 12.8 Å². The zero-order chi connectivity index (χ0) is 26.2. The zero-order valence-electron chi connectivity index (χ0n) is 19.1. The van der Waals surface area contributed by atoms with Gasteiger partial charge in [0, 0.05) is 16.7 Å². The Bertz CT molecular complexity index is 1630. The molecule has 0 aliphatic carbocycles. The van der Waals surface area contributed by atoms with E-state index in [1.165, 1.54) is 36.2 Å². The van der Waals surface area contributed by atoms with Gasteiger partial charge in [0.15, 0.2) is 11.5 Å². The molecule has 37 heavy (non-hydrogen) atoms. The van der Waals surface area contributed by atoms with E-state index >= 15 is 0 Å². The van der Waals surface area contributed by atoms with Crippen LogP contribution in [0.5, 0.6) is 11.5 Å². The average molecular weight is 528 g/mol. The highest BCUT2D eigenvalue weighted by Gasteiger charge is 2.30. The molecule has 5 aromatic rings. The average Bonchev–Trinajstić information content (AvgIpc) is 3.36. The van der Waals surface area contributed by atoms with Gasteiger partial charge in [-0.25, -0.2) is 9.67 Å². The maximum absolute atomic E-state index is 12.8. The van der Waals surface area contributed by atoms with Gasteiger partial charge in [0.05, 0.1) is 35.5 Å². The monoisotopic (exact) mass is 527 g/mol. The van der Waals surface area contributed by atoms with Crippen LogP contribution in [0.1, 0.15) is 11.3 Å². The number of H-pyrrole nitrogens is 1. The van der Waals surface area contributed by atoms with E-state index in [2.05, 4.69) is 20.3 Å². The van der Waals surface area contributed by atoms with Crippen molar-refractivity contribution in [1.82, 2.24) is 25.0 Å². The second kappa shape index (κ2) is 9.58. The first-order valence-electron chi connectivity index (χ1n) is 10.8. The van der Waals surface area contributed by atoms with Crippen LogP contribution in [0, 0.1) is 0 Å². The molecular formula is C25H17ClF3N5O3. The number of aromatic amines is 1. The van der Waals surface area contributed by atoms with Crippen molar-refractivity contribution in [3.63, 3.8) is 0 Å². The highest BCUT2D eigenvalue weighted by molar-refractivity contribution is 6.30. The predicted molar refractivity (Wildman–Crippen MR) is 130 cm³/mol. The SMILES string of the molecule is COc1cc2c(=O)[nH]c(-c3ccc(Cl)cc3)nc2cc1OCc1cn(-c2ccc(C(F)(F)F)cc2)nn1. The molecule has 0 radical (unpaired) electrons. The molecule has 8 nitrogen and oxygen atoms in total. The number of nitrogens with one attached hydrogen (secondary N) is 1. The lowest BCUT2D eigenvalue weighted by molar-refractivity contribution is -0.137. The lowest BCUT2D eigenvalue weighted by Crippen LogP contribution is -2.10. The summed E-state index contributed by atoms with van der Waals surface area (Å²) in [5.41, 5.74) is 0.796. The first-order chi connectivity index (χ1) is 17.7. The van der Waals surface area contributed by atoms with Crippen LogP contribution in [0.2, 0.25) is 5.02 Å². The van der Waals surface area contributed by atoms with Gasteiger partial charge in [0.25, 0.3) is 5.56 Å². The molecule has 0 aliphatic heterocycles. The Labute approximate surface area is 212 Å². The third-order valence-corrected chi connectivity index (χ3v) is 5.74. The molecule has 0 unspecified atom stereocenters. The van der Waals surface area contributed by atoms with Gasteiger partial charge in [-0.1, -0.05) is 16.8 Å². The maximum atomic E-state index is 12.8. The van der Waals surface area contributed by atoms with Gasteiger partial charge < -0.3 is 14.5 Å². The van der Waals surface area contributed by atoms with Crippen LogP contribution in [0.4, 0.5) is 13.2 Å². The molecule has 0 spiro atoms. The topological polar surface area (TPSA) is 94.9 Å². The van der Waals surface area contributed by atoms with Crippen LogP contribution in [0.25, 0.3) is 28.0 Å². The molecule has 0 saturated carbocycles. The van der Waals surface area contributed by atoms with Crippen molar-refractivity contribution in [3.05, 3.63) is 93.5 Å². The van der Waals surface area contributed by atoms with E-state index in [0.29, 0.717) is 50.2 Å². The van der Waals surface area contributed by atoms with E-state index in [4.69, 9.17) is 21.1 Å². The number of methoxy groups -OCH3 is 1. The number of rotatable bonds is 6. The fraction of sp³-hybridized carbons (Fsp3) is 0.120. The number of ether oxygens (including phenoxy) is 2. The lowest BCUT2D eigenvalue weighted by atomic mass is 10.2. The Balaban J connectivity index is 1.39. The molecule has 0 amide bonds. The Kier molecular flexibility index (Phi) is 6.30. The summed E-state index contributed by atoms with van der Waals surface area (Å²) < 4.78 is 51.0. The number of nitrogens with zero attached hydrogens (tertiary/aromatic N) is 4. The largest absolute Gasteiger partial charge is 0.493 e. The third kappa shape index (κ3) is 5.12. The van der Waals surface area contributed by atoms with Crippen molar-refractivity contribution in [2.24, 2.45) is 0 Å². The minimum absolute atomic E-state index is 0.0181. The summed E-state index contributed by atoms with van der Waals surface area (Å²) in [5, 5.41) is 8.84. The summed E-state index contributed by atoms with van der Waals surface area (Å²) in [6.07, 6.45) is -2.88. The molecule has 0 fully saturated rings. The van der Waals surface area contributed by atoms with Gasteiger partial charge >= 0.3 is 6.18 Å². The molecule has 188 valence electrons. The van der Waals surface area contributed by atoms with Gasteiger partial charge in [-0.05, 0) is 54.6 Å². The second-order valence-electron chi connectivity index (χ2n) is 7.93. The standard InChI is InChI=1S/C25H17ClF3N5O3/c1-36-21-10-19-20(30-23(31-24(19)35)14-2-6-16(26)7-3-14)11-22(21)37-13-17-12-34(33-32-17)18-8-4-15(5-9-18)25(27,28)29/h2-12H,13H2,1H3,(H,30,31,35). The molecule has 0 bridgehead atoms. The Morgan fingerprint density at radius 3 is 2.43 bits per heavy atom. The number of hydrogen-bond donors (Lipinski definition) is 1. The maximum Gasteiger partial charge on any atom is 0.416 e. The summed E-state index contributed by atoms with van der Waals surface area (Å²) in [5.74, 6) is 0.998. The van der Waals surface area contributed by atoms with Gasteiger partial charge in [-0.15, -0.1) is 5.10 Å². The summed E-state index contributed by atoms with van der Waals surface area (Å²) in [6, 6.07) is 14.5. The first kappa shape index (κ1) is 24.3. The molecule has 0 saturated heterocycles. The van der Waals surface area contributed by atoms with Gasteiger partial charge in [-0.2, -0.15) is 13.2 Å². The van der Waals surface area contributed by atoms with Gasteiger partial charge in [0.2, 0.25) is 0 Å². The summed E-state index contributed by atoms with van der Waals surface area (Å²) in [4.78, 5) is 20.0. The van der Waals surface area contributed by atoms with Crippen molar-refractivity contribution < 1.29 is 22.6 Å². The van der Waals surface area contributed by atoms with E-state index < -0.39 is 11.7 Å². The number of halogens is 4. The van der Waals surface area contributed by atoms with Crippen LogP contribution in [-0.4, -0.2) is 32.1 Å². The molecule has 0 aliphatic rings. The molecule has 2 aromatic heterocycles. The van der Waals surface area contributed by atoms with Crippen molar-refractivity contribution in [3.8, 4) is 28.6 Å². The molecule has 1 N–H and O–H groups in total. The summed E-state index contributed by atoms with van der Waals surface area (Å²) in [6.45, 7) is -0.0181. The van der Waals surface area contributed by atoms with E-state index in [0.717, 1.165) is 12.1 Å². The lowest BCUT2D eigenvalue weighted by Gasteiger charge is -2.11. The van der Waals surface area contributed by atoms with Crippen LogP contribution < -0.4 is 15.0 Å². The molecule has 3 aromatic carbocycles. The minimum atomic E-state index is -4.42. The van der Waals surface area contributed by atoms with E-state index in [-0.39, 0.29) is 12.2 Å². The van der Waals surface area contributed by atoms with Gasteiger partial charge in [0.1, 0.15) is 18.1 Å². The molecular weight excluding hydrogens is 511 g/mol. The zero-order valence-corrected chi connectivity index (χ0v) is 19.8. The Morgan fingerprint density at radius 1 is 1.03 bits per heavy atom. The van der Waals surface area contributed by atoms with E-state index in [1.807, 2.05) is 0 Å². The normalized spacial score (nSPS) is 11.6. The number of hydrogen-bond acceptors (Lipinski definition) is 6. The number of alkyl halides is 3. The molecule has 12 heteroatoms. The Morgan fingerprint density at radius 2 is 1.76 bits per heavy atom. The first-order valence-corrected chi connectivity index (χ1v) is 11.2. The van der Waals surface area contributed by atoms with Crippen LogP contribution in [0.3, 0.4) is 0 Å². The smallest absolute Gasteiger partial charge is 0.416 e. The molecule has 2 heterocycles. The molecule has 0 atom stereocenters. The van der Waals surface area contributed by atoms with Crippen molar-refractivity contribution in [2.75, 3.05) is 7.11 Å². The number of aromatic nitrogens is 5. The quantitative estimate of drug-likeness (QED) is 0.316. The molecule has 5 rings (SSSR count). The highest BCUT2D eigenvalue weighted by atomic mass is 35.5. The number of benzene rings is 3. The van der Waals surface area contributed by atoms with Crippen molar-refractivity contribution >= 4 is 22.5 Å². The van der Waals surface area contributed by atoms with Crippen LogP contribution >= 0.6 is 11.6 Å². The van der Waals surface area contributed by atoms with Crippen LogP contribution in [-0.2, 0) is 12.8 Å². The highest BCUT2D eigenvalue weighted by Crippen LogP contribution is 2.32. The van der Waals surface area contributed by atoms with E-state index in [9.17, 15) is 18.0 Å². The fourth-order valence-electron chi connectivity index (χ4n) is 3.61. The fourth-order valence-corrected chi connectivity index (χ4v) is 3.74. The number of fused-ring (bicyclic) bond motifs is 1. The second-order valence-corrected chi connectivity index (χ2v) is 8.37. The Hall–Kier alpha value is -4.38. The summed E-state index contributed by atoms with van der Waals surface area (Å²) in [7, 11) is 1.44.